The number of methoxy groups -OCH3 is 1. The van der Waals surface area contributed by atoms with E-state index in [2.05, 4.69) is 23.6 Å². The SMILES string of the molecule is C=CC(c1ccccc1)[C@]1(C(=O)OC)CN(Cc2ccccc2)CCC1=O. The summed E-state index contributed by atoms with van der Waals surface area (Å²) in [6.45, 7) is 5.57. The van der Waals surface area contributed by atoms with Crippen LogP contribution in [0.2, 0.25) is 0 Å². The first-order valence-electron chi connectivity index (χ1n) is 9.17. The lowest BCUT2D eigenvalue weighted by Crippen LogP contribution is -2.56. The van der Waals surface area contributed by atoms with E-state index in [9.17, 15) is 9.59 Å². The van der Waals surface area contributed by atoms with E-state index in [1.807, 2.05) is 48.5 Å². The molecule has 1 heterocycles. The Balaban J connectivity index is 1.99. The zero-order valence-corrected chi connectivity index (χ0v) is 15.6. The second-order valence-electron chi connectivity index (χ2n) is 6.96. The second-order valence-corrected chi connectivity index (χ2v) is 6.96. The molecule has 0 radical (unpaired) electrons. The molecule has 2 atom stereocenters. The molecule has 1 aliphatic heterocycles. The molecule has 1 aliphatic rings. The highest BCUT2D eigenvalue weighted by atomic mass is 16.5. The molecule has 3 rings (SSSR count). The number of carbonyl (C=O) groups is 2. The van der Waals surface area contributed by atoms with Crippen molar-refractivity contribution in [3.63, 3.8) is 0 Å². The number of hydrogen-bond donors (Lipinski definition) is 0. The number of ether oxygens (including phenoxy) is 1. The minimum Gasteiger partial charge on any atom is -0.468 e. The first-order valence-corrected chi connectivity index (χ1v) is 9.17. The summed E-state index contributed by atoms with van der Waals surface area (Å²) in [5, 5.41) is 0. The lowest BCUT2D eigenvalue weighted by Gasteiger charge is -2.43. The molecule has 4 nitrogen and oxygen atoms in total. The molecule has 0 amide bonds. The Kier molecular flexibility index (Phi) is 5.87. The smallest absolute Gasteiger partial charge is 0.321 e. The standard InChI is InChI=1S/C23H25NO3/c1-3-20(19-12-8-5-9-13-19)23(22(26)27-2)17-24(15-14-21(23)25)16-18-10-6-4-7-11-18/h3-13,20H,1,14-17H2,2H3/t20?,23-/m1/s1. The first kappa shape index (κ1) is 19.1. The molecule has 0 saturated carbocycles. The molecule has 0 spiro atoms. The molecule has 1 fully saturated rings. The van der Waals surface area contributed by atoms with Crippen LogP contribution in [0.3, 0.4) is 0 Å². The monoisotopic (exact) mass is 363 g/mol. The van der Waals surface area contributed by atoms with Gasteiger partial charge < -0.3 is 4.74 Å². The fourth-order valence-electron chi connectivity index (χ4n) is 4.02. The van der Waals surface area contributed by atoms with Gasteiger partial charge in [-0.25, -0.2) is 0 Å². The van der Waals surface area contributed by atoms with Crippen LogP contribution in [-0.4, -0.2) is 36.9 Å². The van der Waals surface area contributed by atoms with Gasteiger partial charge in [-0.1, -0.05) is 66.7 Å². The molecular formula is C23H25NO3. The molecule has 2 aromatic carbocycles. The van der Waals surface area contributed by atoms with E-state index in [1.54, 1.807) is 6.08 Å². The third-order valence-corrected chi connectivity index (χ3v) is 5.35. The number of benzene rings is 2. The molecule has 0 aliphatic carbocycles. The van der Waals surface area contributed by atoms with Crippen molar-refractivity contribution >= 4 is 11.8 Å². The summed E-state index contributed by atoms with van der Waals surface area (Å²) >= 11 is 0. The van der Waals surface area contributed by atoms with Crippen molar-refractivity contribution in [3.8, 4) is 0 Å². The van der Waals surface area contributed by atoms with Crippen LogP contribution in [0.1, 0.15) is 23.5 Å². The van der Waals surface area contributed by atoms with Gasteiger partial charge in [0.25, 0.3) is 0 Å². The Morgan fingerprint density at radius 2 is 1.81 bits per heavy atom. The van der Waals surface area contributed by atoms with Gasteiger partial charge in [-0.15, -0.1) is 6.58 Å². The van der Waals surface area contributed by atoms with E-state index >= 15 is 0 Å². The normalized spacial score (nSPS) is 21.4. The van der Waals surface area contributed by atoms with Crippen LogP contribution in [0.5, 0.6) is 0 Å². The average molecular weight is 363 g/mol. The largest absolute Gasteiger partial charge is 0.468 e. The summed E-state index contributed by atoms with van der Waals surface area (Å²) in [4.78, 5) is 28.2. The summed E-state index contributed by atoms with van der Waals surface area (Å²) in [7, 11) is 1.35. The maximum Gasteiger partial charge on any atom is 0.321 e. The topological polar surface area (TPSA) is 46.6 Å². The van der Waals surface area contributed by atoms with E-state index in [0.717, 1.165) is 11.1 Å². The Morgan fingerprint density at radius 1 is 1.19 bits per heavy atom. The Hall–Kier alpha value is -2.72. The minimum atomic E-state index is -1.27. The lowest BCUT2D eigenvalue weighted by atomic mass is 9.66. The number of rotatable bonds is 6. The molecule has 0 aromatic heterocycles. The average Bonchev–Trinajstić information content (AvgIpc) is 2.71. The molecule has 1 saturated heterocycles. The number of hydrogen-bond acceptors (Lipinski definition) is 4. The maximum absolute atomic E-state index is 13.1. The van der Waals surface area contributed by atoms with Crippen molar-refractivity contribution in [2.45, 2.75) is 18.9 Å². The molecule has 4 heteroatoms. The van der Waals surface area contributed by atoms with Gasteiger partial charge in [-0.2, -0.15) is 0 Å². The Labute approximate surface area is 160 Å². The van der Waals surface area contributed by atoms with E-state index in [4.69, 9.17) is 4.74 Å². The second kappa shape index (κ2) is 8.31. The number of esters is 1. The van der Waals surface area contributed by atoms with Gasteiger partial charge >= 0.3 is 5.97 Å². The molecule has 0 bridgehead atoms. The Morgan fingerprint density at radius 3 is 2.41 bits per heavy atom. The van der Waals surface area contributed by atoms with Crippen molar-refractivity contribution in [1.29, 1.82) is 0 Å². The van der Waals surface area contributed by atoms with E-state index in [0.29, 0.717) is 26.1 Å². The third kappa shape index (κ3) is 3.71. The summed E-state index contributed by atoms with van der Waals surface area (Å²) in [5.41, 5.74) is 0.776. The highest BCUT2D eigenvalue weighted by Crippen LogP contribution is 2.43. The van der Waals surface area contributed by atoms with E-state index < -0.39 is 17.3 Å². The van der Waals surface area contributed by atoms with Crippen LogP contribution in [0.25, 0.3) is 0 Å². The number of allylic oxidation sites excluding steroid dienone is 1. The van der Waals surface area contributed by atoms with Crippen LogP contribution in [0, 0.1) is 5.41 Å². The fraction of sp³-hybridized carbons (Fsp3) is 0.304. The summed E-state index contributed by atoms with van der Waals surface area (Å²) in [5.74, 6) is -0.997. The Bertz CT molecular complexity index is 793. The van der Waals surface area contributed by atoms with Crippen molar-refractivity contribution in [1.82, 2.24) is 4.90 Å². The number of piperidine rings is 1. The van der Waals surface area contributed by atoms with Gasteiger partial charge in [0.05, 0.1) is 7.11 Å². The highest BCUT2D eigenvalue weighted by Gasteiger charge is 2.54. The summed E-state index contributed by atoms with van der Waals surface area (Å²) < 4.78 is 5.13. The van der Waals surface area contributed by atoms with Gasteiger partial charge in [0.15, 0.2) is 5.78 Å². The van der Waals surface area contributed by atoms with Crippen LogP contribution in [-0.2, 0) is 20.9 Å². The van der Waals surface area contributed by atoms with Crippen molar-refractivity contribution in [3.05, 3.63) is 84.4 Å². The molecular weight excluding hydrogens is 338 g/mol. The lowest BCUT2D eigenvalue weighted by molar-refractivity contribution is -0.163. The number of nitrogens with zero attached hydrogens (tertiary/aromatic N) is 1. The predicted molar refractivity (Wildman–Crippen MR) is 105 cm³/mol. The van der Waals surface area contributed by atoms with Crippen LogP contribution < -0.4 is 0 Å². The van der Waals surface area contributed by atoms with E-state index in [-0.39, 0.29) is 5.78 Å². The first-order chi connectivity index (χ1) is 13.1. The number of likely N-dealkylation sites (tertiary alicyclic amines) is 1. The molecule has 2 aromatic rings. The number of ketones is 1. The molecule has 140 valence electrons. The van der Waals surface area contributed by atoms with Crippen LogP contribution in [0.4, 0.5) is 0 Å². The number of Topliss-reactive ketones (excluding diaryl/α,β-unsaturated/α-hetero) is 1. The summed E-state index contributed by atoms with van der Waals surface area (Å²) in [6, 6.07) is 19.7. The fourth-order valence-corrected chi connectivity index (χ4v) is 4.02. The molecule has 1 unspecified atom stereocenters. The van der Waals surface area contributed by atoms with Gasteiger partial charge in [-0.3, -0.25) is 14.5 Å². The highest BCUT2D eigenvalue weighted by molar-refractivity contribution is 6.06. The number of carbonyl (C=O) groups excluding carboxylic acids is 2. The van der Waals surface area contributed by atoms with Crippen LogP contribution in [0.15, 0.2) is 73.3 Å². The minimum absolute atomic E-state index is 0.0765. The van der Waals surface area contributed by atoms with E-state index in [1.165, 1.54) is 7.11 Å². The zero-order valence-electron chi connectivity index (χ0n) is 15.6. The maximum atomic E-state index is 13.1. The van der Waals surface area contributed by atoms with Crippen molar-refractivity contribution < 1.29 is 14.3 Å². The predicted octanol–water partition coefficient (Wildman–Crippen LogP) is 3.59. The van der Waals surface area contributed by atoms with Gasteiger partial charge in [0.2, 0.25) is 0 Å². The quantitative estimate of drug-likeness (QED) is 0.447. The van der Waals surface area contributed by atoms with Crippen molar-refractivity contribution in [2.75, 3.05) is 20.2 Å². The van der Waals surface area contributed by atoms with Gasteiger partial charge in [-0.05, 0) is 11.1 Å². The molecule has 27 heavy (non-hydrogen) atoms. The summed E-state index contributed by atoms with van der Waals surface area (Å²) in [6.07, 6.45) is 2.02. The molecule has 0 N–H and O–H groups in total. The van der Waals surface area contributed by atoms with Crippen LogP contribution >= 0.6 is 0 Å². The van der Waals surface area contributed by atoms with Crippen molar-refractivity contribution in [2.24, 2.45) is 5.41 Å². The van der Waals surface area contributed by atoms with Gasteiger partial charge in [0, 0.05) is 32.0 Å². The third-order valence-electron chi connectivity index (χ3n) is 5.35. The van der Waals surface area contributed by atoms with Gasteiger partial charge in [0.1, 0.15) is 5.41 Å². The zero-order chi connectivity index (χ0) is 19.3.